The monoisotopic (exact) mass is 462 g/mol. The molecule has 3 heterocycles. The molecule has 0 bridgehead atoms. The minimum atomic E-state index is -1.28. The number of rotatable bonds is 4. The third-order valence-corrected chi connectivity index (χ3v) is 6.91. The van der Waals surface area contributed by atoms with E-state index in [4.69, 9.17) is 11.6 Å². The molecule has 1 amide bonds. The molecule has 9 heteroatoms. The number of nitrogens with zero attached hydrogens (tertiary/aromatic N) is 3. The Labute approximate surface area is 194 Å². The van der Waals surface area contributed by atoms with Gasteiger partial charge < -0.3 is 5.32 Å². The number of hydrogen-bond acceptors (Lipinski definition) is 6. The molecule has 1 fully saturated rings. The maximum absolute atomic E-state index is 14.0. The normalized spacial score (nSPS) is 24.0. The van der Waals surface area contributed by atoms with Gasteiger partial charge in [0, 0.05) is 58.8 Å². The van der Waals surface area contributed by atoms with Crippen molar-refractivity contribution in [2.75, 3.05) is 18.9 Å². The Kier molecular flexibility index (Phi) is 4.99. The van der Waals surface area contributed by atoms with Gasteiger partial charge in [-0.3, -0.25) is 29.6 Å². The summed E-state index contributed by atoms with van der Waals surface area (Å²) in [5, 5.41) is 14.5. The number of fused-ring (bicyclic) bond motifs is 2. The van der Waals surface area contributed by atoms with Crippen LogP contribution in [0.15, 0.2) is 67.0 Å². The Hall–Kier alpha value is -3.62. The highest BCUT2D eigenvalue weighted by molar-refractivity contribution is 6.31. The van der Waals surface area contributed by atoms with Crippen LogP contribution in [0, 0.1) is 16.0 Å². The second-order valence-corrected chi connectivity index (χ2v) is 8.77. The number of nitrogens with one attached hydrogen (secondary N) is 1. The number of anilines is 1. The van der Waals surface area contributed by atoms with Gasteiger partial charge in [0.15, 0.2) is 5.78 Å². The number of amides is 1. The zero-order chi connectivity index (χ0) is 23.3. The van der Waals surface area contributed by atoms with Gasteiger partial charge in [0.25, 0.3) is 5.69 Å². The van der Waals surface area contributed by atoms with Crippen LogP contribution in [0.4, 0.5) is 11.4 Å². The van der Waals surface area contributed by atoms with Gasteiger partial charge in [-0.1, -0.05) is 23.7 Å². The zero-order valence-corrected chi connectivity index (χ0v) is 18.3. The first-order valence-corrected chi connectivity index (χ1v) is 10.7. The molecule has 3 atom stereocenters. The minimum absolute atomic E-state index is 0.0364. The summed E-state index contributed by atoms with van der Waals surface area (Å²) >= 11 is 6.31. The van der Waals surface area contributed by atoms with Gasteiger partial charge in [-0.2, -0.15) is 0 Å². The molecule has 1 N–H and O–H groups in total. The molecule has 2 aliphatic heterocycles. The highest BCUT2D eigenvalue weighted by Gasteiger charge is 2.64. The van der Waals surface area contributed by atoms with Gasteiger partial charge in [0.1, 0.15) is 5.54 Å². The summed E-state index contributed by atoms with van der Waals surface area (Å²) in [5.74, 6) is -1.71. The number of Topliss-reactive ketones (excluding diaryl/α,β-unsaturated/α-hetero) is 1. The van der Waals surface area contributed by atoms with E-state index in [2.05, 4.69) is 10.3 Å². The summed E-state index contributed by atoms with van der Waals surface area (Å²) in [6, 6.07) is 14.7. The molecule has 3 aromatic rings. The summed E-state index contributed by atoms with van der Waals surface area (Å²) < 4.78 is 0. The lowest BCUT2D eigenvalue weighted by atomic mass is 9.70. The molecule has 0 saturated carbocycles. The van der Waals surface area contributed by atoms with E-state index in [0.29, 0.717) is 28.4 Å². The van der Waals surface area contributed by atoms with Crippen molar-refractivity contribution in [3.05, 3.63) is 98.8 Å². The summed E-state index contributed by atoms with van der Waals surface area (Å²) in [7, 11) is 1.81. The summed E-state index contributed by atoms with van der Waals surface area (Å²) in [5.41, 5.74) is 1.09. The average Bonchev–Trinajstić information content (AvgIpc) is 3.29. The number of carbonyl (C=O) groups excluding carboxylic acids is 2. The second kappa shape index (κ2) is 7.75. The van der Waals surface area contributed by atoms with E-state index in [1.807, 2.05) is 11.9 Å². The van der Waals surface area contributed by atoms with Crippen molar-refractivity contribution in [3.63, 3.8) is 0 Å². The van der Waals surface area contributed by atoms with E-state index in [-0.39, 0.29) is 23.3 Å². The first kappa shape index (κ1) is 21.2. The lowest BCUT2D eigenvalue weighted by Crippen LogP contribution is -2.51. The van der Waals surface area contributed by atoms with E-state index < -0.39 is 16.4 Å². The van der Waals surface area contributed by atoms with Gasteiger partial charge in [0.05, 0.1) is 10.8 Å². The lowest BCUT2D eigenvalue weighted by molar-refractivity contribution is -0.384. The van der Waals surface area contributed by atoms with Crippen molar-refractivity contribution < 1.29 is 14.5 Å². The van der Waals surface area contributed by atoms with Crippen molar-refractivity contribution in [3.8, 4) is 0 Å². The first-order chi connectivity index (χ1) is 15.8. The number of carbonyl (C=O) groups is 2. The molecule has 2 aromatic carbocycles. The van der Waals surface area contributed by atoms with Gasteiger partial charge in [-0.05, 0) is 42.9 Å². The van der Waals surface area contributed by atoms with Crippen LogP contribution in [0.5, 0.6) is 0 Å². The van der Waals surface area contributed by atoms with Crippen LogP contribution in [0.1, 0.15) is 27.4 Å². The van der Waals surface area contributed by atoms with Gasteiger partial charge in [0.2, 0.25) is 5.91 Å². The van der Waals surface area contributed by atoms with Crippen LogP contribution in [0.3, 0.4) is 0 Å². The fraction of sp³-hybridized carbons (Fsp3) is 0.208. The minimum Gasteiger partial charge on any atom is -0.324 e. The fourth-order valence-corrected chi connectivity index (χ4v) is 5.42. The van der Waals surface area contributed by atoms with Crippen molar-refractivity contribution in [2.45, 2.75) is 11.5 Å². The number of halogens is 1. The average molecular weight is 463 g/mol. The number of nitro groups is 1. The summed E-state index contributed by atoms with van der Waals surface area (Å²) in [4.78, 5) is 44.2. The molecule has 2 aliphatic rings. The number of hydrogen-bond donors (Lipinski definition) is 1. The van der Waals surface area contributed by atoms with Crippen LogP contribution in [-0.2, 0) is 10.3 Å². The van der Waals surface area contributed by atoms with E-state index in [0.717, 1.165) is 5.56 Å². The molecular formula is C24H19ClN4O4. The van der Waals surface area contributed by atoms with E-state index in [1.54, 1.807) is 48.7 Å². The van der Waals surface area contributed by atoms with Crippen LogP contribution in [-0.4, -0.2) is 40.1 Å². The molecule has 5 rings (SSSR count). The lowest BCUT2D eigenvalue weighted by Gasteiger charge is -2.35. The van der Waals surface area contributed by atoms with Crippen LogP contribution < -0.4 is 5.32 Å². The maximum Gasteiger partial charge on any atom is 0.269 e. The number of likely N-dealkylation sites (tertiary alicyclic amines) is 1. The van der Waals surface area contributed by atoms with Crippen LogP contribution in [0.2, 0.25) is 5.02 Å². The Morgan fingerprint density at radius 2 is 2.00 bits per heavy atom. The molecule has 166 valence electrons. The van der Waals surface area contributed by atoms with Crippen LogP contribution >= 0.6 is 11.6 Å². The molecule has 8 nitrogen and oxygen atoms in total. The predicted octanol–water partition coefficient (Wildman–Crippen LogP) is 4.02. The van der Waals surface area contributed by atoms with E-state index in [9.17, 15) is 19.7 Å². The maximum atomic E-state index is 14.0. The van der Waals surface area contributed by atoms with Crippen molar-refractivity contribution in [2.24, 2.45) is 5.92 Å². The predicted molar refractivity (Wildman–Crippen MR) is 122 cm³/mol. The summed E-state index contributed by atoms with van der Waals surface area (Å²) in [6.45, 7) is 0.397. The van der Waals surface area contributed by atoms with Crippen molar-refractivity contribution in [1.29, 1.82) is 0 Å². The first-order valence-electron chi connectivity index (χ1n) is 10.4. The molecule has 0 aliphatic carbocycles. The van der Waals surface area contributed by atoms with Crippen LogP contribution in [0.25, 0.3) is 0 Å². The number of non-ortho nitro benzene ring substituents is 1. The Bertz CT molecular complexity index is 1280. The number of likely N-dealkylation sites (N-methyl/N-ethyl adjacent to an activating group) is 1. The highest BCUT2D eigenvalue weighted by atomic mass is 35.5. The van der Waals surface area contributed by atoms with Crippen molar-refractivity contribution >= 4 is 34.7 Å². The Morgan fingerprint density at radius 1 is 1.24 bits per heavy atom. The SMILES string of the molecule is CN1C[C@H](c2ccc([N+](=O)[O-])cc2)[C@@H](C(=O)c2cccnc2)[C@]12C(=O)Nc1ccc(Cl)cc12. The molecule has 1 saturated heterocycles. The molecule has 0 unspecified atom stereocenters. The number of pyridine rings is 1. The molecule has 1 spiro atoms. The van der Waals surface area contributed by atoms with E-state index in [1.165, 1.54) is 18.3 Å². The summed E-state index contributed by atoms with van der Waals surface area (Å²) in [6.07, 6.45) is 3.07. The third-order valence-electron chi connectivity index (χ3n) is 6.67. The molecule has 0 radical (unpaired) electrons. The smallest absolute Gasteiger partial charge is 0.269 e. The Morgan fingerprint density at radius 3 is 2.67 bits per heavy atom. The molecular weight excluding hydrogens is 444 g/mol. The standard InChI is InChI=1S/C24H19ClN4O4/c1-28-13-18(14-4-7-17(8-5-14)29(32)33)21(22(30)15-3-2-10-26-12-15)24(28)19-11-16(25)6-9-20(19)27-23(24)31/h2-12,18,21H,13H2,1H3,(H,27,31)/t18-,21+,24-/m1/s1. The number of ketones is 1. The topological polar surface area (TPSA) is 105 Å². The molecule has 33 heavy (non-hydrogen) atoms. The number of aromatic nitrogens is 1. The zero-order valence-electron chi connectivity index (χ0n) is 17.6. The second-order valence-electron chi connectivity index (χ2n) is 8.33. The Balaban J connectivity index is 1.71. The number of benzene rings is 2. The van der Waals surface area contributed by atoms with Gasteiger partial charge in [-0.15, -0.1) is 0 Å². The van der Waals surface area contributed by atoms with E-state index >= 15 is 0 Å². The number of nitro benzene ring substituents is 1. The van der Waals surface area contributed by atoms with Crippen molar-refractivity contribution in [1.82, 2.24) is 9.88 Å². The largest absolute Gasteiger partial charge is 0.324 e. The quantitative estimate of drug-likeness (QED) is 0.356. The van der Waals surface area contributed by atoms with Gasteiger partial charge in [-0.25, -0.2) is 0 Å². The fourth-order valence-electron chi connectivity index (χ4n) is 5.24. The molecule has 1 aromatic heterocycles. The third kappa shape index (κ3) is 3.13. The van der Waals surface area contributed by atoms with Gasteiger partial charge >= 0.3 is 0 Å². The highest BCUT2D eigenvalue weighted by Crippen LogP contribution is 2.56.